The van der Waals surface area contributed by atoms with Crippen molar-refractivity contribution in [3.63, 3.8) is 0 Å². The Hall–Kier alpha value is -1.85. The monoisotopic (exact) mass is 391 g/mol. The van der Waals surface area contributed by atoms with Gasteiger partial charge in [-0.2, -0.15) is 0 Å². The fourth-order valence-electron chi connectivity index (χ4n) is 3.84. The summed E-state index contributed by atoms with van der Waals surface area (Å²) in [6.45, 7) is 3.79. The normalized spacial score (nSPS) is 17.9. The molecule has 0 spiro atoms. The van der Waals surface area contributed by atoms with E-state index in [0.29, 0.717) is 16.6 Å². The molecule has 4 nitrogen and oxygen atoms in total. The molecule has 1 aromatic carbocycles. The minimum atomic E-state index is -0.191. The molecule has 1 amide bonds. The van der Waals surface area contributed by atoms with Gasteiger partial charge in [0.05, 0.1) is 5.02 Å². The van der Waals surface area contributed by atoms with Crippen LogP contribution in [0.4, 0.5) is 4.39 Å². The predicted molar refractivity (Wildman–Crippen MR) is 107 cm³/mol. The highest BCUT2D eigenvalue weighted by atomic mass is 35.5. The number of nitrogens with zero attached hydrogens (tertiary/aromatic N) is 3. The second kappa shape index (κ2) is 8.89. The fourth-order valence-corrected chi connectivity index (χ4v) is 4.09. The molecule has 0 bridgehead atoms. The first-order valence-electron chi connectivity index (χ1n) is 9.46. The summed E-state index contributed by atoms with van der Waals surface area (Å²) in [6, 6.07) is 8.47. The molecule has 0 saturated carbocycles. The largest absolute Gasteiger partial charge is 0.345 e. The molecule has 1 fully saturated rings. The van der Waals surface area contributed by atoms with Crippen molar-refractivity contribution in [1.29, 1.82) is 0 Å². The molecular formula is C21H27ClFN3O. The third kappa shape index (κ3) is 5.33. The summed E-state index contributed by atoms with van der Waals surface area (Å²) in [5.74, 6) is 0.286. The number of aryl methyl sites for hydroxylation is 1. The molecule has 2 aromatic rings. The maximum absolute atomic E-state index is 13.0. The van der Waals surface area contributed by atoms with Gasteiger partial charge in [0.2, 0.25) is 0 Å². The Labute approximate surface area is 165 Å². The zero-order chi connectivity index (χ0) is 19.4. The molecule has 0 radical (unpaired) electrons. The van der Waals surface area contributed by atoms with Crippen LogP contribution in [0.15, 0.2) is 36.5 Å². The van der Waals surface area contributed by atoms with Gasteiger partial charge in [0.25, 0.3) is 5.91 Å². The number of hydrogen-bond acceptors (Lipinski definition) is 2. The second-order valence-corrected chi connectivity index (χ2v) is 7.96. The number of carbonyl (C=O) groups is 1. The predicted octanol–water partition coefficient (Wildman–Crippen LogP) is 3.84. The van der Waals surface area contributed by atoms with Gasteiger partial charge in [0.15, 0.2) is 0 Å². The maximum atomic E-state index is 13.0. The van der Waals surface area contributed by atoms with Gasteiger partial charge in [-0.25, -0.2) is 4.39 Å². The average molecular weight is 392 g/mol. The summed E-state index contributed by atoms with van der Waals surface area (Å²) >= 11 is 6.00. The Kier molecular flexibility index (Phi) is 6.55. The molecule has 1 atom stereocenters. The highest BCUT2D eigenvalue weighted by Gasteiger charge is 2.24. The van der Waals surface area contributed by atoms with E-state index < -0.39 is 0 Å². The number of benzene rings is 1. The molecule has 146 valence electrons. The van der Waals surface area contributed by atoms with Gasteiger partial charge in [-0.3, -0.25) is 4.79 Å². The van der Waals surface area contributed by atoms with E-state index in [2.05, 4.69) is 4.90 Å². The van der Waals surface area contributed by atoms with Crippen LogP contribution in [-0.2, 0) is 13.5 Å². The van der Waals surface area contributed by atoms with Gasteiger partial charge in [-0.05, 0) is 55.5 Å². The smallest absolute Gasteiger partial charge is 0.270 e. The van der Waals surface area contributed by atoms with E-state index in [0.717, 1.165) is 51.0 Å². The molecule has 0 aliphatic carbocycles. The van der Waals surface area contributed by atoms with Crippen LogP contribution in [0.25, 0.3) is 0 Å². The summed E-state index contributed by atoms with van der Waals surface area (Å²) in [4.78, 5) is 16.9. The number of rotatable bonds is 6. The number of halogens is 2. The summed E-state index contributed by atoms with van der Waals surface area (Å²) in [5.41, 5.74) is 1.78. The molecule has 1 saturated heterocycles. The first-order valence-corrected chi connectivity index (χ1v) is 9.84. The van der Waals surface area contributed by atoms with Crippen molar-refractivity contribution in [2.45, 2.75) is 19.3 Å². The maximum Gasteiger partial charge on any atom is 0.270 e. The van der Waals surface area contributed by atoms with Gasteiger partial charge in [-0.15, -0.1) is 0 Å². The van der Waals surface area contributed by atoms with E-state index in [4.69, 9.17) is 11.6 Å². The van der Waals surface area contributed by atoms with Crippen molar-refractivity contribution in [2.75, 3.05) is 33.2 Å². The molecule has 1 aliphatic heterocycles. The Morgan fingerprint density at radius 3 is 2.74 bits per heavy atom. The van der Waals surface area contributed by atoms with Crippen LogP contribution in [0.5, 0.6) is 0 Å². The lowest BCUT2D eigenvalue weighted by Gasteiger charge is -2.34. The number of amides is 1. The quantitative estimate of drug-likeness (QED) is 0.748. The summed E-state index contributed by atoms with van der Waals surface area (Å²) in [7, 11) is 3.70. The van der Waals surface area contributed by atoms with Gasteiger partial charge < -0.3 is 14.4 Å². The van der Waals surface area contributed by atoms with Crippen molar-refractivity contribution in [3.05, 3.63) is 58.6 Å². The van der Waals surface area contributed by atoms with Crippen LogP contribution in [0, 0.1) is 11.7 Å². The average Bonchev–Trinajstić information content (AvgIpc) is 2.99. The Morgan fingerprint density at radius 1 is 1.33 bits per heavy atom. The number of aromatic nitrogens is 1. The van der Waals surface area contributed by atoms with Crippen molar-refractivity contribution in [1.82, 2.24) is 14.4 Å². The minimum Gasteiger partial charge on any atom is -0.345 e. The van der Waals surface area contributed by atoms with E-state index >= 15 is 0 Å². The van der Waals surface area contributed by atoms with Gasteiger partial charge in [-0.1, -0.05) is 23.7 Å². The van der Waals surface area contributed by atoms with E-state index in [9.17, 15) is 9.18 Å². The number of piperidine rings is 1. The lowest BCUT2D eigenvalue weighted by atomic mass is 9.97. The number of likely N-dealkylation sites (tertiary alicyclic amines) is 1. The molecule has 0 N–H and O–H groups in total. The van der Waals surface area contributed by atoms with E-state index in [1.807, 2.05) is 26.2 Å². The van der Waals surface area contributed by atoms with Crippen LogP contribution in [0.1, 0.15) is 28.9 Å². The Bertz CT molecular complexity index is 774. The third-order valence-electron chi connectivity index (χ3n) is 5.30. The topological polar surface area (TPSA) is 28.5 Å². The minimum absolute atomic E-state index is 0.00726. The molecule has 6 heteroatoms. The second-order valence-electron chi connectivity index (χ2n) is 7.53. The Balaban J connectivity index is 1.50. The van der Waals surface area contributed by atoms with Gasteiger partial charge in [0.1, 0.15) is 11.5 Å². The summed E-state index contributed by atoms with van der Waals surface area (Å²) in [5, 5.41) is 0.582. The highest BCUT2D eigenvalue weighted by molar-refractivity contribution is 6.31. The number of hydrogen-bond donors (Lipinski definition) is 0. The van der Waals surface area contributed by atoms with Crippen molar-refractivity contribution in [3.8, 4) is 0 Å². The fraction of sp³-hybridized carbons (Fsp3) is 0.476. The van der Waals surface area contributed by atoms with E-state index in [1.165, 1.54) is 12.1 Å². The zero-order valence-electron chi connectivity index (χ0n) is 16.0. The lowest BCUT2D eigenvalue weighted by molar-refractivity contribution is 0.0721. The SMILES string of the molecule is CN(CC1CCCN(CCc2ccc(F)cc2)C1)C(=O)c1cc(Cl)cn1C. The number of carbonyl (C=O) groups excluding carboxylic acids is 1. The van der Waals surface area contributed by atoms with Crippen LogP contribution >= 0.6 is 11.6 Å². The van der Waals surface area contributed by atoms with Crippen LogP contribution in [0.2, 0.25) is 5.02 Å². The van der Waals surface area contributed by atoms with Crippen molar-refractivity contribution >= 4 is 17.5 Å². The molecule has 1 unspecified atom stereocenters. The molecule has 27 heavy (non-hydrogen) atoms. The molecule has 1 aliphatic rings. The van der Waals surface area contributed by atoms with Gasteiger partial charge >= 0.3 is 0 Å². The summed E-state index contributed by atoms with van der Waals surface area (Å²) in [6.07, 6.45) is 4.95. The molecule has 2 heterocycles. The summed E-state index contributed by atoms with van der Waals surface area (Å²) < 4.78 is 14.8. The highest BCUT2D eigenvalue weighted by Crippen LogP contribution is 2.20. The van der Waals surface area contributed by atoms with E-state index in [-0.39, 0.29) is 11.7 Å². The lowest BCUT2D eigenvalue weighted by Crippen LogP contribution is -2.42. The molecule has 1 aromatic heterocycles. The third-order valence-corrected chi connectivity index (χ3v) is 5.51. The van der Waals surface area contributed by atoms with Crippen molar-refractivity contribution in [2.24, 2.45) is 13.0 Å². The van der Waals surface area contributed by atoms with Gasteiger partial charge in [0, 0.05) is 39.9 Å². The van der Waals surface area contributed by atoms with Crippen LogP contribution < -0.4 is 0 Å². The van der Waals surface area contributed by atoms with E-state index in [1.54, 1.807) is 21.7 Å². The Morgan fingerprint density at radius 2 is 2.07 bits per heavy atom. The first kappa shape index (κ1) is 19.9. The van der Waals surface area contributed by atoms with Crippen LogP contribution in [-0.4, -0.2) is 53.5 Å². The first-order chi connectivity index (χ1) is 12.9. The molecule has 3 rings (SSSR count). The zero-order valence-corrected chi connectivity index (χ0v) is 16.8. The van der Waals surface area contributed by atoms with Crippen molar-refractivity contribution < 1.29 is 9.18 Å². The standard InChI is InChI=1S/C21H27ClFN3O/c1-24-15-18(22)12-20(24)21(27)25(2)13-17-4-3-10-26(14-17)11-9-16-5-7-19(23)8-6-16/h5-8,12,15,17H,3-4,9-11,13-14H2,1-2H3. The molecular weight excluding hydrogens is 365 g/mol. The van der Waals surface area contributed by atoms with Crippen LogP contribution in [0.3, 0.4) is 0 Å².